The first-order valence-corrected chi connectivity index (χ1v) is 11.0. The van der Waals surface area contributed by atoms with Crippen molar-refractivity contribution in [2.45, 2.75) is 42.9 Å². The van der Waals surface area contributed by atoms with E-state index in [0.29, 0.717) is 23.1 Å². The molecule has 0 aromatic carbocycles. The molecule has 1 aromatic heterocycles. The SMILES string of the molecule is CC1CCN(C(=O)C2CCCN2S(=O)(=O)c2ccc(Br)s2)CC1. The van der Waals surface area contributed by atoms with E-state index < -0.39 is 16.1 Å². The zero-order valence-corrected chi connectivity index (χ0v) is 16.3. The van der Waals surface area contributed by atoms with Crippen LogP contribution in [0.3, 0.4) is 0 Å². The van der Waals surface area contributed by atoms with E-state index in [9.17, 15) is 13.2 Å². The molecule has 0 bridgehead atoms. The number of amides is 1. The summed E-state index contributed by atoms with van der Waals surface area (Å²) in [6.45, 7) is 4.12. The normalized spacial score (nSPS) is 24.3. The van der Waals surface area contributed by atoms with Crippen LogP contribution in [-0.4, -0.2) is 49.2 Å². The van der Waals surface area contributed by atoms with Crippen LogP contribution in [0, 0.1) is 5.92 Å². The van der Waals surface area contributed by atoms with Gasteiger partial charge in [0.15, 0.2) is 0 Å². The Labute approximate surface area is 149 Å². The average molecular weight is 421 g/mol. The van der Waals surface area contributed by atoms with Gasteiger partial charge in [-0.3, -0.25) is 4.79 Å². The van der Waals surface area contributed by atoms with Crippen LogP contribution in [0.1, 0.15) is 32.6 Å². The predicted octanol–water partition coefficient (Wildman–Crippen LogP) is 2.92. The van der Waals surface area contributed by atoms with E-state index >= 15 is 0 Å². The fourth-order valence-electron chi connectivity index (χ4n) is 3.27. The first-order chi connectivity index (χ1) is 10.9. The molecule has 2 aliphatic rings. The van der Waals surface area contributed by atoms with E-state index in [1.807, 2.05) is 4.90 Å². The number of thiophene rings is 1. The van der Waals surface area contributed by atoms with Crippen molar-refractivity contribution in [3.63, 3.8) is 0 Å². The lowest BCUT2D eigenvalue weighted by molar-refractivity contribution is -0.135. The summed E-state index contributed by atoms with van der Waals surface area (Å²) in [6, 6.07) is 2.80. The summed E-state index contributed by atoms with van der Waals surface area (Å²) < 4.78 is 28.2. The summed E-state index contributed by atoms with van der Waals surface area (Å²) in [4.78, 5) is 14.7. The lowest BCUT2D eigenvalue weighted by Gasteiger charge is -2.34. The molecule has 1 amide bonds. The summed E-state index contributed by atoms with van der Waals surface area (Å²) in [6.07, 6.45) is 3.37. The zero-order chi connectivity index (χ0) is 16.6. The van der Waals surface area contributed by atoms with Gasteiger partial charge < -0.3 is 4.90 Å². The maximum absolute atomic E-state index is 12.8. The third-order valence-electron chi connectivity index (χ3n) is 4.70. The molecule has 1 aromatic rings. The lowest BCUT2D eigenvalue weighted by Crippen LogP contribution is -2.49. The van der Waals surface area contributed by atoms with E-state index in [1.54, 1.807) is 12.1 Å². The van der Waals surface area contributed by atoms with Gasteiger partial charge in [-0.25, -0.2) is 8.42 Å². The molecule has 23 heavy (non-hydrogen) atoms. The Morgan fingerprint density at radius 1 is 1.22 bits per heavy atom. The highest BCUT2D eigenvalue weighted by molar-refractivity contribution is 9.11. The highest BCUT2D eigenvalue weighted by atomic mass is 79.9. The Hall–Kier alpha value is -0.440. The maximum Gasteiger partial charge on any atom is 0.253 e. The second-order valence-corrected chi connectivity index (χ2v) is 10.9. The molecule has 0 N–H and O–H groups in total. The van der Waals surface area contributed by atoms with Crippen LogP contribution in [-0.2, 0) is 14.8 Å². The summed E-state index contributed by atoms with van der Waals surface area (Å²) in [5.74, 6) is 0.625. The Kier molecular flexibility index (Phi) is 5.15. The van der Waals surface area contributed by atoms with Crippen molar-refractivity contribution in [1.29, 1.82) is 0 Å². The number of likely N-dealkylation sites (tertiary alicyclic amines) is 1. The van der Waals surface area contributed by atoms with Crippen molar-refractivity contribution in [3.05, 3.63) is 15.9 Å². The zero-order valence-electron chi connectivity index (χ0n) is 13.1. The van der Waals surface area contributed by atoms with Crippen molar-refractivity contribution >= 4 is 43.2 Å². The fraction of sp³-hybridized carbons (Fsp3) is 0.667. The molecule has 0 saturated carbocycles. The molecule has 1 atom stereocenters. The quantitative estimate of drug-likeness (QED) is 0.754. The summed E-state index contributed by atoms with van der Waals surface area (Å²) in [5, 5.41) is 0. The molecule has 1 unspecified atom stereocenters. The minimum Gasteiger partial charge on any atom is -0.341 e. The molecule has 2 aliphatic heterocycles. The summed E-state index contributed by atoms with van der Waals surface area (Å²) >= 11 is 4.50. The molecule has 8 heteroatoms. The molecule has 2 saturated heterocycles. The van der Waals surface area contributed by atoms with Crippen molar-refractivity contribution < 1.29 is 13.2 Å². The average Bonchev–Trinajstić information content (AvgIpc) is 3.16. The Bertz CT molecular complexity index is 681. The monoisotopic (exact) mass is 420 g/mol. The molecular weight excluding hydrogens is 400 g/mol. The maximum atomic E-state index is 12.8. The lowest BCUT2D eigenvalue weighted by atomic mass is 9.98. The molecule has 0 aliphatic carbocycles. The van der Waals surface area contributed by atoms with Crippen LogP contribution in [0.4, 0.5) is 0 Å². The van der Waals surface area contributed by atoms with E-state index in [4.69, 9.17) is 0 Å². The number of halogens is 1. The first kappa shape index (κ1) is 17.4. The van der Waals surface area contributed by atoms with Gasteiger partial charge >= 0.3 is 0 Å². The topological polar surface area (TPSA) is 57.7 Å². The summed E-state index contributed by atoms with van der Waals surface area (Å²) in [5.41, 5.74) is 0. The van der Waals surface area contributed by atoms with Gasteiger partial charge in [0.2, 0.25) is 5.91 Å². The molecule has 3 rings (SSSR count). The molecular formula is C15H21BrN2O3S2. The van der Waals surface area contributed by atoms with Gasteiger partial charge in [-0.1, -0.05) is 6.92 Å². The van der Waals surface area contributed by atoms with E-state index in [1.165, 1.54) is 15.6 Å². The third kappa shape index (κ3) is 3.50. The number of hydrogen-bond acceptors (Lipinski definition) is 4. The van der Waals surface area contributed by atoms with E-state index in [0.717, 1.165) is 36.1 Å². The molecule has 0 radical (unpaired) electrons. The Morgan fingerprint density at radius 2 is 1.91 bits per heavy atom. The van der Waals surface area contributed by atoms with Crippen LogP contribution < -0.4 is 0 Å². The van der Waals surface area contributed by atoms with Gasteiger partial charge in [0.1, 0.15) is 10.3 Å². The largest absolute Gasteiger partial charge is 0.341 e. The van der Waals surface area contributed by atoms with Crippen molar-refractivity contribution in [2.24, 2.45) is 5.92 Å². The molecule has 2 fully saturated rings. The minimum atomic E-state index is -3.59. The van der Waals surface area contributed by atoms with Crippen molar-refractivity contribution in [2.75, 3.05) is 19.6 Å². The van der Waals surface area contributed by atoms with Crippen LogP contribution in [0.2, 0.25) is 0 Å². The van der Waals surface area contributed by atoms with Gasteiger partial charge in [-0.2, -0.15) is 4.31 Å². The van der Waals surface area contributed by atoms with Crippen LogP contribution in [0.15, 0.2) is 20.1 Å². The van der Waals surface area contributed by atoms with Gasteiger partial charge in [-0.05, 0) is 59.7 Å². The first-order valence-electron chi connectivity index (χ1n) is 7.95. The molecule has 0 spiro atoms. The standard InChI is InChI=1S/C15H21BrN2O3S2/c1-11-6-9-17(10-7-11)15(19)12-3-2-8-18(12)23(20,21)14-5-4-13(16)22-14/h4-5,11-12H,2-3,6-10H2,1H3. The van der Waals surface area contributed by atoms with Crippen LogP contribution >= 0.6 is 27.3 Å². The third-order valence-corrected chi connectivity index (χ3v) is 8.69. The fourth-order valence-corrected chi connectivity index (χ4v) is 7.06. The Balaban J connectivity index is 1.78. The molecule has 128 valence electrons. The van der Waals surface area contributed by atoms with Gasteiger partial charge in [0, 0.05) is 19.6 Å². The number of carbonyl (C=O) groups is 1. The number of nitrogens with zero attached hydrogens (tertiary/aromatic N) is 2. The van der Waals surface area contributed by atoms with E-state index in [2.05, 4.69) is 22.9 Å². The molecule has 3 heterocycles. The highest BCUT2D eigenvalue weighted by Crippen LogP contribution is 2.33. The van der Waals surface area contributed by atoms with Crippen LogP contribution in [0.25, 0.3) is 0 Å². The predicted molar refractivity (Wildman–Crippen MR) is 93.9 cm³/mol. The Morgan fingerprint density at radius 3 is 2.52 bits per heavy atom. The number of piperidine rings is 1. The van der Waals surface area contributed by atoms with Gasteiger partial charge in [0.05, 0.1) is 3.79 Å². The second kappa shape index (κ2) is 6.82. The number of hydrogen-bond donors (Lipinski definition) is 0. The summed E-state index contributed by atoms with van der Waals surface area (Å²) in [7, 11) is -3.59. The van der Waals surface area contributed by atoms with Crippen molar-refractivity contribution in [1.82, 2.24) is 9.21 Å². The number of rotatable bonds is 3. The minimum absolute atomic E-state index is 0.0198. The second-order valence-electron chi connectivity index (χ2n) is 6.34. The van der Waals surface area contributed by atoms with Gasteiger partial charge in [-0.15, -0.1) is 11.3 Å². The number of carbonyl (C=O) groups excluding carboxylic acids is 1. The van der Waals surface area contributed by atoms with Crippen LogP contribution in [0.5, 0.6) is 0 Å². The van der Waals surface area contributed by atoms with E-state index in [-0.39, 0.29) is 5.91 Å². The van der Waals surface area contributed by atoms with Gasteiger partial charge in [0.25, 0.3) is 10.0 Å². The molecule has 5 nitrogen and oxygen atoms in total. The van der Waals surface area contributed by atoms with Crippen molar-refractivity contribution in [3.8, 4) is 0 Å². The highest BCUT2D eigenvalue weighted by Gasteiger charge is 2.42. The smallest absolute Gasteiger partial charge is 0.253 e. The number of sulfonamides is 1.